The van der Waals surface area contributed by atoms with Crippen molar-refractivity contribution < 1.29 is 31.5 Å². The number of primary sulfonamides is 1. The standard InChI is InChI=1S/C21H19F2N3O5S2/c1-3-31-20(28)17(19-25-11(2)21(32-19)33(24,29)30)18(27)26-14-7-4-12(5-8-14)15-10-13(22)6-9-16(15)23/h4-10,25H,3H2,1-2H3,(H,26,27)(H2,24,29,30). The second-order valence-electron chi connectivity index (χ2n) is 6.76. The molecule has 3 rings (SSSR count). The van der Waals surface area contributed by atoms with Gasteiger partial charge in [0, 0.05) is 16.9 Å². The van der Waals surface area contributed by atoms with E-state index in [2.05, 4.69) is 10.6 Å². The summed E-state index contributed by atoms with van der Waals surface area (Å²) in [7, 11) is -4.07. The first kappa shape index (κ1) is 24.4. The highest BCUT2D eigenvalue weighted by Gasteiger charge is 2.33. The Morgan fingerprint density at radius 1 is 1.15 bits per heavy atom. The number of rotatable bonds is 6. The lowest BCUT2D eigenvalue weighted by atomic mass is 10.0. The number of esters is 1. The van der Waals surface area contributed by atoms with Crippen LogP contribution in [-0.4, -0.2) is 26.9 Å². The Kier molecular flexibility index (Phi) is 7.20. The lowest BCUT2D eigenvalue weighted by molar-refractivity contribution is -0.139. The number of carbonyl (C=O) groups excluding carboxylic acids is 2. The van der Waals surface area contributed by atoms with E-state index < -0.39 is 39.1 Å². The first-order valence-electron chi connectivity index (χ1n) is 9.48. The van der Waals surface area contributed by atoms with Crippen LogP contribution in [0.3, 0.4) is 0 Å². The summed E-state index contributed by atoms with van der Waals surface area (Å²) in [6, 6.07) is 8.89. The number of hydrogen-bond donors (Lipinski definition) is 3. The van der Waals surface area contributed by atoms with Gasteiger partial charge in [0.1, 0.15) is 15.9 Å². The summed E-state index contributed by atoms with van der Waals surface area (Å²) in [6.45, 7) is 2.97. The van der Waals surface area contributed by atoms with E-state index in [0.29, 0.717) is 17.3 Å². The molecule has 4 N–H and O–H groups in total. The normalized spacial score (nSPS) is 15.2. The molecule has 33 heavy (non-hydrogen) atoms. The van der Waals surface area contributed by atoms with E-state index in [1.807, 2.05) is 0 Å². The Morgan fingerprint density at radius 3 is 2.39 bits per heavy atom. The highest BCUT2D eigenvalue weighted by molar-refractivity contribution is 8.20. The van der Waals surface area contributed by atoms with Gasteiger partial charge in [-0.1, -0.05) is 23.9 Å². The minimum absolute atomic E-state index is 0.0179. The molecule has 8 nitrogen and oxygen atoms in total. The van der Waals surface area contributed by atoms with Gasteiger partial charge in [-0.3, -0.25) is 4.79 Å². The molecule has 2 aromatic rings. The van der Waals surface area contributed by atoms with Gasteiger partial charge in [-0.15, -0.1) is 0 Å². The smallest absolute Gasteiger partial charge is 0.346 e. The van der Waals surface area contributed by atoms with Gasteiger partial charge in [0.2, 0.25) is 10.0 Å². The average molecular weight is 496 g/mol. The van der Waals surface area contributed by atoms with Crippen LogP contribution in [0.4, 0.5) is 14.5 Å². The third-order valence-corrected chi connectivity index (χ3v) is 7.15. The third kappa shape index (κ3) is 5.59. The molecule has 0 atom stereocenters. The number of thioether (sulfide) groups is 1. The number of nitrogens with one attached hydrogen (secondary N) is 2. The van der Waals surface area contributed by atoms with Crippen molar-refractivity contribution in [3.05, 3.63) is 74.6 Å². The highest BCUT2D eigenvalue weighted by atomic mass is 32.3. The van der Waals surface area contributed by atoms with Crippen LogP contribution < -0.4 is 15.8 Å². The molecule has 1 heterocycles. The van der Waals surface area contributed by atoms with E-state index in [1.54, 1.807) is 6.92 Å². The van der Waals surface area contributed by atoms with Crippen LogP contribution in [0.25, 0.3) is 11.1 Å². The molecule has 0 saturated heterocycles. The fourth-order valence-electron chi connectivity index (χ4n) is 2.94. The first-order chi connectivity index (χ1) is 15.5. The van der Waals surface area contributed by atoms with Crippen LogP contribution in [0, 0.1) is 11.6 Å². The summed E-state index contributed by atoms with van der Waals surface area (Å²) in [4.78, 5) is 25.4. The molecule has 0 aliphatic carbocycles. The molecule has 0 spiro atoms. The Labute approximate surface area is 192 Å². The van der Waals surface area contributed by atoms with E-state index in [1.165, 1.54) is 31.2 Å². The zero-order chi connectivity index (χ0) is 24.3. The lowest BCUT2D eigenvalue weighted by Gasteiger charge is -2.12. The molecule has 0 radical (unpaired) electrons. The van der Waals surface area contributed by atoms with Crippen molar-refractivity contribution in [2.24, 2.45) is 5.14 Å². The highest BCUT2D eigenvalue weighted by Crippen LogP contribution is 2.37. The molecule has 1 aliphatic heterocycles. The largest absolute Gasteiger partial charge is 0.462 e. The first-order valence-corrected chi connectivity index (χ1v) is 11.8. The van der Waals surface area contributed by atoms with Crippen molar-refractivity contribution in [2.45, 2.75) is 13.8 Å². The number of hydrogen-bond acceptors (Lipinski definition) is 7. The maximum absolute atomic E-state index is 14.0. The predicted molar refractivity (Wildman–Crippen MR) is 121 cm³/mol. The van der Waals surface area contributed by atoms with Crippen molar-refractivity contribution in [3.8, 4) is 11.1 Å². The second kappa shape index (κ2) is 9.73. The van der Waals surface area contributed by atoms with Gasteiger partial charge in [-0.25, -0.2) is 27.1 Å². The lowest BCUT2D eigenvalue weighted by Crippen LogP contribution is -2.26. The summed E-state index contributed by atoms with van der Waals surface area (Å²) in [5, 5.41) is 10.3. The SMILES string of the molecule is CCOC(=O)C(C(=O)Nc1ccc(-c2cc(F)ccc2F)cc1)=C1NC(C)=C(S(N)(=O)=O)S1. The number of anilines is 1. The molecule has 12 heteroatoms. The van der Waals surface area contributed by atoms with Gasteiger partial charge in [0.05, 0.1) is 11.6 Å². The average Bonchev–Trinajstić information content (AvgIpc) is 3.12. The van der Waals surface area contributed by atoms with Crippen LogP contribution in [0.5, 0.6) is 0 Å². The quantitative estimate of drug-likeness (QED) is 0.243. The van der Waals surface area contributed by atoms with E-state index in [0.717, 1.165) is 18.2 Å². The number of amides is 1. The van der Waals surface area contributed by atoms with E-state index >= 15 is 0 Å². The van der Waals surface area contributed by atoms with E-state index in [4.69, 9.17) is 9.88 Å². The molecular formula is C21H19F2N3O5S2. The Hall–Kier alpha value is -3.22. The van der Waals surface area contributed by atoms with Gasteiger partial charge in [-0.2, -0.15) is 0 Å². The molecule has 0 aromatic heterocycles. The minimum Gasteiger partial charge on any atom is -0.462 e. The number of allylic oxidation sites excluding steroid dienone is 1. The Balaban J connectivity index is 1.88. The number of carbonyl (C=O) groups is 2. The van der Waals surface area contributed by atoms with Crippen molar-refractivity contribution >= 4 is 39.3 Å². The fraction of sp³-hybridized carbons (Fsp3) is 0.143. The molecule has 0 unspecified atom stereocenters. The molecule has 1 amide bonds. The Morgan fingerprint density at radius 2 is 1.82 bits per heavy atom. The molecule has 0 fully saturated rings. The molecule has 2 aromatic carbocycles. The van der Waals surface area contributed by atoms with Gasteiger partial charge in [-0.05, 0) is 49.7 Å². The summed E-state index contributed by atoms with van der Waals surface area (Å²) in [5.41, 5.74) is 0.390. The van der Waals surface area contributed by atoms with Crippen LogP contribution >= 0.6 is 11.8 Å². The number of benzene rings is 2. The van der Waals surface area contributed by atoms with Crippen LogP contribution in [-0.2, 0) is 24.3 Å². The zero-order valence-corrected chi connectivity index (χ0v) is 19.1. The van der Waals surface area contributed by atoms with Crippen LogP contribution in [0.15, 0.2) is 63.0 Å². The monoisotopic (exact) mass is 495 g/mol. The predicted octanol–water partition coefficient (Wildman–Crippen LogP) is 3.16. The van der Waals surface area contributed by atoms with Crippen LogP contribution in [0.2, 0.25) is 0 Å². The summed E-state index contributed by atoms with van der Waals surface area (Å²) >= 11 is 0.626. The van der Waals surface area contributed by atoms with Crippen molar-refractivity contribution in [1.29, 1.82) is 0 Å². The minimum atomic E-state index is -4.07. The summed E-state index contributed by atoms with van der Waals surface area (Å²) in [6.07, 6.45) is 0. The topological polar surface area (TPSA) is 128 Å². The van der Waals surface area contributed by atoms with Gasteiger partial charge < -0.3 is 15.4 Å². The molecular weight excluding hydrogens is 476 g/mol. The fourth-order valence-corrected chi connectivity index (χ4v) is 5.00. The number of ether oxygens (including phenoxy) is 1. The number of halogens is 2. The molecule has 0 saturated carbocycles. The second-order valence-corrected chi connectivity index (χ2v) is 9.54. The maximum Gasteiger partial charge on any atom is 0.346 e. The van der Waals surface area contributed by atoms with Gasteiger partial charge in [0.15, 0.2) is 5.57 Å². The van der Waals surface area contributed by atoms with Crippen molar-refractivity contribution in [1.82, 2.24) is 5.32 Å². The Bertz CT molecular complexity index is 1290. The number of sulfonamides is 1. The van der Waals surface area contributed by atoms with Gasteiger partial charge >= 0.3 is 5.97 Å². The summed E-state index contributed by atoms with van der Waals surface area (Å²) < 4.78 is 55.6. The maximum atomic E-state index is 14.0. The van der Waals surface area contributed by atoms with Crippen molar-refractivity contribution in [3.63, 3.8) is 0 Å². The van der Waals surface area contributed by atoms with E-state index in [-0.39, 0.29) is 32.8 Å². The zero-order valence-electron chi connectivity index (χ0n) is 17.4. The third-order valence-electron chi connectivity index (χ3n) is 4.38. The van der Waals surface area contributed by atoms with Crippen LogP contribution in [0.1, 0.15) is 13.8 Å². The van der Waals surface area contributed by atoms with Crippen molar-refractivity contribution in [2.75, 3.05) is 11.9 Å². The summed E-state index contributed by atoms with van der Waals surface area (Å²) in [5.74, 6) is -3.04. The number of nitrogens with two attached hydrogens (primary N) is 1. The molecule has 1 aliphatic rings. The van der Waals surface area contributed by atoms with Gasteiger partial charge in [0.25, 0.3) is 5.91 Å². The molecule has 0 bridgehead atoms. The molecule has 174 valence electrons. The van der Waals surface area contributed by atoms with E-state index in [9.17, 15) is 26.8 Å².